The maximum Gasteiger partial charge on any atom is 0.335 e. The number of aromatic nitrogens is 2. The Bertz CT molecular complexity index is 842. The van der Waals surface area contributed by atoms with Crippen LogP contribution in [0.25, 0.3) is 22.4 Å². The SMILES string of the molecule is Cc1cc(C)cc(-c2nc3cc(C(=O)O)ccc3n2C)c1. The summed E-state index contributed by atoms with van der Waals surface area (Å²) >= 11 is 0. The molecule has 106 valence electrons. The van der Waals surface area contributed by atoms with E-state index in [2.05, 4.69) is 37.0 Å². The highest BCUT2D eigenvalue weighted by molar-refractivity contribution is 5.93. The van der Waals surface area contributed by atoms with Gasteiger partial charge in [-0.2, -0.15) is 0 Å². The zero-order valence-corrected chi connectivity index (χ0v) is 12.2. The highest BCUT2D eigenvalue weighted by atomic mass is 16.4. The van der Waals surface area contributed by atoms with Crippen molar-refractivity contribution >= 4 is 17.0 Å². The van der Waals surface area contributed by atoms with Crippen molar-refractivity contribution in [3.63, 3.8) is 0 Å². The Kier molecular flexibility index (Phi) is 3.01. The second-order valence-electron chi connectivity index (χ2n) is 5.38. The van der Waals surface area contributed by atoms with Gasteiger partial charge >= 0.3 is 5.97 Å². The van der Waals surface area contributed by atoms with Crippen molar-refractivity contribution in [2.24, 2.45) is 7.05 Å². The number of rotatable bonds is 2. The molecule has 0 bridgehead atoms. The molecule has 4 heteroatoms. The Hall–Kier alpha value is -2.62. The van der Waals surface area contributed by atoms with E-state index in [0.29, 0.717) is 5.52 Å². The monoisotopic (exact) mass is 280 g/mol. The molecule has 3 rings (SSSR count). The van der Waals surface area contributed by atoms with Crippen LogP contribution in [0.15, 0.2) is 36.4 Å². The van der Waals surface area contributed by atoms with E-state index in [-0.39, 0.29) is 5.56 Å². The summed E-state index contributed by atoms with van der Waals surface area (Å²) in [6.07, 6.45) is 0. The van der Waals surface area contributed by atoms with Gasteiger partial charge in [0.2, 0.25) is 0 Å². The molecule has 0 aliphatic rings. The van der Waals surface area contributed by atoms with Crippen LogP contribution in [0.1, 0.15) is 21.5 Å². The third kappa shape index (κ3) is 2.29. The fraction of sp³-hybridized carbons (Fsp3) is 0.176. The minimum Gasteiger partial charge on any atom is -0.478 e. The van der Waals surface area contributed by atoms with Crippen LogP contribution in [0.5, 0.6) is 0 Å². The molecule has 1 N–H and O–H groups in total. The predicted molar refractivity (Wildman–Crippen MR) is 82.6 cm³/mol. The van der Waals surface area contributed by atoms with Crippen molar-refractivity contribution in [3.8, 4) is 11.4 Å². The summed E-state index contributed by atoms with van der Waals surface area (Å²) in [6, 6.07) is 11.3. The summed E-state index contributed by atoms with van der Waals surface area (Å²) in [6.45, 7) is 4.11. The molecule has 0 amide bonds. The lowest BCUT2D eigenvalue weighted by atomic mass is 10.1. The number of carboxylic acid groups (broad SMARTS) is 1. The van der Waals surface area contributed by atoms with Crippen molar-refractivity contribution in [2.75, 3.05) is 0 Å². The van der Waals surface area contributed by atoms with Crippen molar-refractivity contribution in [1.29, 1.82) is 0 Å². The van der Waals surface area contributed by atoms with E-state index in [4.69, 9.17) is 5.11 Å². The van der Waals surface area contributed by atoms with Gasteiger partial charge in [-0.1, -0.05) is 17.2 Å². The number of carboxylic acids is 1. The largest absolute Gasteiger partial charge is 0.478 e. The molecule has 21 heavy (non-hydrogen) atoms. The van der Waals surface area contributed by atoms with E-state index in [1.165, 1.54) is 11.1 Å². The number of imidazole rings is 1. The molecular weight excluding hydrogens is 264 g/mol. The van der Waals surface area contributed by atoms with Crippen LogP contribution in [0.3, 0.4) is 0 Å². The van der Waals surface area contributed by atoms with Crippen LogP contribution in [-0.4, -0.2) is 20.6 Å². The normalized spacial score (nSPS) is 11.0. The van der Waals surface area contributed by atoms with Crippen LogP contribution in [0, 0.1) is 13.8 Å². The first-order chi connectivity index (χ1) is 9.95. The van der Waals surface area contributed by atoms with Gasteiger partial charge in [0.25, 0.3) is 0 Å². The summed E-state index contributed by atoms with van der Waals surface area (Å²) in [5, 5.41) is 9.08. The van der Waals surface area contributed by atoms with Gasteiger partial charge in [0.1, 0.15) is 5.82 Å². The predicted octanol–water partition coefficient (Wildman–Crippen LogP) is 3.56. The average molecular weight is 280 g/mol. The van der Waals surface area contributed by atoms with Gasteiger partial charge in [-0.3, -0.25) is 0 Å². The number of aromatic carboxylic acids is 1. The molecule has 0 saturated heterocycles. The molecule has 3 aromatic rings. The molecule has 0 unspecified atom stereocenters. The van der Waals surface area contributed by atoms with Gasteiger partial charge in [-0.15, -0.1) is 0 Å². The van der Waals surface area contributed by atoms with Crippen molar-refractivity contribution in [2.45, 2.75) is 13.8 Å². The first-order valence-corrected chi connectivity index (χ1v) is 6.74. The van der Waals surface area contributed by atoms with Crippen LogP contribution < -0.4 is 0 Å². The number of fused-ring (bicyclic) bond motifs is 1. The maximum absolute atomic E-state index is 11.1. The molecule has 0 radical (unpaired) electrons. The Balaban J connectivity index is 2.23. The Labute approximate surface area is 122 Å². The van der Waals surface area contributed by atoms with E-state index in [1.54, 1.807) is 18.2 Å². The third-order valence-corrected chi connectivity index (χ3v) is 3.61. The lowest BCUT2D eigenvalue weighted by molar-refractivity contribution is 0.0697. The van der Waals surface area contributed by atoms with Crippen LogP contribution >= 0.6 is 0 Å². The Morgan fingerprint density at radius 1 is 1.10 bits per heavy atom. The molecule has 0 fully saturated rings. The summed E-state index contributed by atoms with van der Waals surface area (Å²) in [4.78, 5) is 15.7. The maximum atomic E-state index is 11.1. The number of carbonyl (C=O) groups is 1. The Morgan fingerprint density at radius 3 is 2.38 bits per heavy atom. The van der Waals surface area contributed by atoms with Crippen LogP contribution in [0.4, 0.5) is 0 Å². The minimum absolute atomic E-state index is 0.257. The highest BCUT2D eigenvalue weighted by Crippen LogP contribution is 2.26. The van der Waals surface area contributed by atoms with Gasteiger partial charge in [0.05, 0.1) is 16.6 Å². The number of aryl methyl sites for hydroxylation is 3. The molecule has 0 atom stereocenters. The topological polar surface area (TPSA) is 55.1 Å². The second kappa shape index (κ2) is 4.74. The third-order valence-electron chi connectivity index (χ3n) is 3.61. The Morgan fingerprint density at radius 2 is 1.76 bits per heavy atom. The number of hydrogen-bond donors (Lipinski definition) is 1. The van der Waals surface area contributed by atoms with Gasteiger partial charge < -0.3 is 9.67 Å². The van der Waals surface area contributed by atoms with Gasteiger partial charge in [-0.25, -0.2) is 9.78 Å². The van der Waals surface area contributed by atoms with Gasteiger partial charge in [-0.05, 0) is 44.2 Å². The summed E-state index contributed by atoms with van der Waals surface area (Å²) in [5.41, 5.74) is 5.29. The minimum atomic E-state index is -0.935. The van der Waals surface area contributed by atoms with Crippen LogP contribution in [-0.2, 0) is 7.05 Å². The van der Waals surface area contributed by atoms with Gasteiger partial charge in [0.15, 0.2) is 0 Å². The fourth-order valence-corrected chi connectivity index (χ4v) is 2.69. The second-order valence-corrected chi connectivity index (χ2v) is 5.38. The highest BCUT2D eigenvalue weighted by Gasteiger charge is 2.12. The van der Waals surface area contributed by atoms with Crippen molar-refractivity contribution in [3.05, 3.63) is 53.1 Å². The quantitative estimate of drug-likeness (QED) is 0.781. The number of hydrogen-bond acceptors (Lipinski definition) is 2. The first kappa shape index (κ1) is 13.4. The summed E-state index contributed by atoms with van der Waals surface area (Å²) in [7, 11) is 1.95. The van der Waals surface area contributed by atoms with Gasteiger partial charge in [0, 0.05) is 12.6 Å². The molecule has 1 heterocycles. The molecule has 0 spiro atoms. The van der Waals surface area contributed by atoms with Crippen molar-refractivity contribution in [1.82, 2.24) is 9.55 Å². The molecular formula is C17H16N2O2. The summed E-state index contributed by atoms with van der Waals surface area (Å²) in [5.74, 6) is -0.0881. The zero-order valence-electron chi connectivity index (χ0n) is 12.2. The molecule has 0 saturated carbocycles. The summed E-state index contributed by atoms with van der Waals surface area (Å²) < 4.78 is 2.00. The molecule has 4 nitrogen and oxygen atoms in total. The lowest BCUT2D eigenvalue weighted by Crippen LogP contribution is -1.96. The molecule has 0 aliphatic heterocycles. The first-order valence-electron chi connectivity index (χ1n) is 6.74. The van der Waals surface area contributed by atoms with E-state index in [1.807, 2.05) is 11.6 Å². The van der Waals surface area contributed by atoms with E-state index >= 15 is 0 Å². The fourth-order valence-electron chi connectivity index (χ4n) is 2.69. The molecule has 0 aliphatic carbocycles. The van der Waals surface area contributed by atoms with E-state index in [0.717, 1.165) is 16.9 Å². The molecule has 1 aromatic heterocycles. The standard InChI is InChI=1S/C17H16N2O2/c1-10-6-11(2)8-13(7-10)16-18-14-9-12(17(20)21)4-5-15(14)19(16)3/h4-9H,1-3H3,(H,20,21). The van der Waals surface area contributed by atoms with E-state index < -0.39 is 5.97 Å². The van der Waals surface area contributed by atoms with Crippen molar-refractivity contribution < 1.29 is 9.90 Å². The van der Waals surface area contributed by atoms with E-state index in [9.17, 15) is 4.79 Å². The average Bonchev–Trinajstić information content (AvgIpc) is 2.74. The smallest absolute Gasteiger partial charge is 0.335 e. The zero-order chi connectivity index (χ0) is 15.1. The van der Waals surface area contributed by atoms with Crippen LogP contribution in [0.2, 0.25) is 0 Å². The molecule has 2 aromatic carbocycles. The lowest BCUT2D eigenvalue weighted by Gasteiger charge is -2.05. The number of nitrogens with zero attached hydrogens (tertiary/aromatic N) is 2. The number of benzene rings is 2.